The average Bonchev–Trinajstić information content (AvgIpc) is 2.49. The van der Waals surface area contributed by atoms with Crippen LogP contribution in [0.3, 0.4) is 0 Å². The first kappa shape index (κ1) is 14.1. The number of pyridine rings is 1. The lowest BCUT2D eigenvalue weighted by atomic mass is 10.1. The van der Waals surface area contributed by atoms with Gasteiger partial charge in [0.15, 0.2) is 0 Å². The molecule has 0 spiro atoms. The summed E-state index contributed by atoms with van der Waals surface area (Å²) in [6.07, 6.45) is 5.33. The molecule has 1 aromatic heterocycles. The van der Waals surface area contributed by atoms with E-state index in [-0.39, 0.29) is 5.91 Å². The topological polar surface area (TPSA) is 71.2 Å². The molecule has 1 aliphatic rings. The number of nitrogens with zero attached hydrogens (tertiary/aromatic N) is 2. The van der Waals surface area contributed by atoms with Gasteiger partial charge in [0, 0.05) is 25.0 Å². The van der Waals surface area contributed by atoms with Crippen LogP contribution < -0.4 is 11.3 Å². The Bertz CT molecular complexity index is 404. The van der Waals surface area contributed by atoms with Crippen LogP contribution in [0.15, 0.2) is 18.3 Å². The summed E-state index contributed by atoms with van der Waals surface area (Å²) in [4.78, 5) is 18.1. The highest BCUT2D eigenvalue weighted by Crippen LogP contribution is 2.15. The van der Waals surface area contributed by atoms with E-state index in [9.17, 15) is 4.79 Å². The minimum absolute atomic E-state index is 0.262. The molecule has 0 saturated carbocycles. The van der Waals surface area contributed by atoms with Gasteiger partial charge in [-0.25, -0.2) is 10.8 Å². The molecule has 1 aliphatic heterocycles. The van der Waals surface area contributed by atoms with E-state index in [1.54, 1.807) is 18.0 Å². The molecule has 104 valence electrons. The molecular formula is C13H20N4OS. The first-order valence-corrected chi connectivity index (χ1v) is 7.72. The van der Waals surface area contributed by atoms with Crippen molar-refractivity contribution in [1.82, 2.24) is 9.88 Å². The highest BCUT2D eigenvalue weighted by Gasteiger charge is 2.15. The van der Waals surface area contributed by atoms with E-state index in [0.29, 0.717) is 11.6 Å². The molecule has 3 N–H and O–H groups in total. The number of thioether (sulfide) groups is 1. The highest BCUT2D eigenvalue weighted by atomic mass is 32.2. The number of likely N-dealkylation sites (tertiary alicyclic amines) is 1. The number of carbonyl (C=O) groups is 1. The Balaban J connectivity index is 1.71. The Morgan fingerprint density at radius 2 is 2.16 bits per heavy atom. The first-order valence-electron chi connectivity index (χ1n) is 6.56. The number of hydrogen-bond donors (Lipinski definition) is 2. The second kappa shape index (κ2) is 7.35. The van der Waals surface area contributed by atoms with Gasteiger partial charge in [-0.15, -0.1) is 11.8 Å². The summed E-state index contributed by atoms with van der Waals surface area (Å²) >= 11 is 1.64. The van der Waals surface area contributed by atoms with Gasteiger partial charge >= 0.3 is 0 Å². The number of rotatable bonds is 5. The van der Waals surface area contributed by atoms with Gasteiger partial charge in [-0.1, -0.05) is 6.07 Å². The Morgan fingerprint density at radius 1 is 1.37 bits per heavy atom. The summed E-state index contributed by atoms with van der Waals surface area (Å²) in [6, 6.07) is 3.81. The number of hydrogen-bond acceptors (Lipinski definition) is 5. The van der Waals surface area contributed by atoms with Gasteiger partial charge in [0.25, 0.3) is 0 Å². The third-order valence-corrected chi connectivity index (χ3v) is 4.16. The first-order chi connectivity index (χ1) is 9.29. The van der Waals surface area contributed by atoms with Gasteiger partial charge in [0.2, 0.25) is 5.91 Å². The van der Waals surface area contributed by atoms with Gasteiger partial charge in [0.05, 0.1) is 5.75 Å². The van der Waals surface area contributed by atoms with Crippen LogP contribution in [-0.2, 0) is 10.5 Å². The number of anilines is 1. The predicted octanol–water partition coefficient (Wildman–Crippen LogP) is 1.61. The normalized spacial score (nSPS) is 15.3. The molecular weight excluding hydrogens is 260 g/mol. The van der Waals surface area contributed by atoms with E-state index in [4.69, 9.17) is 5.84 Å². The van der Waals surface area contributed by atoms with E-state index in [1.807, 2.05) is 17.0 Å². The molecule has 1 aromatic rings. The van der Waals surface area contributed by atoms with E-state index < -0.39 is 0 Å². The van der Waals surface area contributed by atoms with Crippen molar-refractivity contribution < 1.29 is 4.79 Å². The molecule has 0 unspecified atom stereocenters. The number of aromatic nitrogens is 1. The second-order valence-electron chi connectivity index (χ2n) is 4.63. The zero-order chi connectivity index (χ0) is 13.5. The van der Waals surface area contributed by atoms with E-state index in [1.165, 1.54) is 6.42 Å². The zero-order valence-electron chi connectivity index (χ0n) is 11.0. The second-order valence-corrected chi connectivity index (χ2v) is 5.62. The van der Waals surface area contributed by atoms with Crippen molar-refractivity contribution in [2.75, 3.05) is 24.3 Å². The third-order valence-electron chi connectivity index (χ3n) is 3.18. The van der Waals surface area contributed by atoms with Gasteiger partial charge in [0.1, 0.15) is 5.82 Å². The molecule has 2 heterocycles. The quantitative estimate of drug-likeness (QED) is 0.633. The van der Waals surface area contributed by atoms with Crippen molar-refractivity contribution in [1.29, 1.82) is 0 Å². The number of nitrogen functional groups attached to an aromatic ring is 1. The van der Waals surface area contributed by atoms with Crippen LogP contribution in [0.5, 0.6) is 0 Å². The van der Waals surface area contributed by atoms with Crippen LogP contribution in [0, 0.1) is 0 Å². The fraction of sp³-hybridized carbons (Fsp3) is 0.538. The summed E-state index contributed by atoms with van der Waals surface area (Å²) in [5.41, 5.74) is 3.60. The maximum absolute atomic E-state index is 12.0. The summed E-state index contributed by atoms with van der Waals surface area (Å²) in [5, 5.41) is 0. The van der Waals surface area contributed by atoms with Crippen LogP contribution >= 0.6 is 11.8 Å². The van der Waals surface area contributed by atoms with Gasteiger partial charge in [-0.2, -0.15) is 0 Å². The van der Waals surface area contributed by atoms with Crippen molar-refractivity contribution in [2.45, 2.75) is 25.0 Å². The molecule has 0 radical (unpaired) electrons. The van der Waals surface area contributed by atoms with Crippen LogP contribution in [0.1, 0.15) is 24.8 Å². The lowest BCUT2D eigenvalue weighted by Gasteiger charge is -2.26. The maximum atomic E-state index is 12.0. The number of piperidine rings is 1. The summed E-state index contributed by atoms with van der Waals surface area (Å²) in [5.74, 6) is 7.52. The number of nitrogens with two attached hydrogens (primary N) is 1. The lowest BCUT2D eigenvalue weighted by Crippen LogP contribution is -2.36. The molecule has 0 bridgehead atoms. The van der Waals surface area contributed by atoms with Crippen LogP contribution in [-0.4, -0.2) is 34.6 Å². The molecule has 1 amide bonds. The Labute approximate surface area is 117 Å². The lowest BCUT2D eigenvalue weighted by molar-refractivity contribution is -0.129. The van der Waals surface area contributed by atoms with Crippen molar-refractivity contribution in [3.05, 3.63) is 23.9 Å². The Kier molecular flexibility index (Phi) is 5.47. The third kappa shape index (κ3) is 4.40. The van der Waals surface area contributed by atoms with E-state index in [0.717, 1.165) is 37.2 Å². The number of amides is 1. The van der Waals surface area contributed by atoms with Crippen molar-refractivity contribution in [3.8, 4) is 0 Å². The highest BCUT2D eigenvalue weighted by molar-refractivity contribution is 7.99. The minimum Gasteiger partial charge on any atom is -0.342 e. The minimum atomic E-state index is 0.262. The van der Waals surface area contributed by atoms with E-state index in [2.05, 4.69) is 10.4 Å². The van der Waals surface area contributed by atoms with Crippen molar-refractivity contribution in [3.63, 3.8) is 0 Å². The average molecular weight is 280 g/mol. The predicted molar refractivity (Wildman–Crippen MR) is 78.6 cm³/mol. The zero-order valence-corrected chi connectivity index (χ0v) is 11.8. The monoisotopic (exact) mass is 280 g/mol. The van der Waals surface area contributed by atoms with Crippen molar-refractivity contribution in [2.24, 2.45) is 5.84 Å². The fourth-order valence-corrected chi connectivity index (χ4v) is 2.95. The molecule has 5 nitrogen and oxygen atoms in total. The molecule has 19 heavy (non-hydrogen) atoms. The smallest absolute Gasteiger partial charge is 0.232 e. The van der Waals surface area contributed by atoms with Crippen molar-refractivity contribution >= 4 is 23.5 Å². The molecule has 2 rings (SSSR count). The molecule has 0 aliphatic carbocycles. The Morgan fingerprint density at radius 3 is 2.79 bits per heavy atom. The van der Waals surface area contributed by atoms with E-state index >= 15 is 0 Å². The van der Waals surface area contributed by atoms with Crippen LogP contribution in [0.2, 0.25) is 0 Å². The maximum Gasteiger partial charge on any atom is 0.232 e. The summed E-state index contributed by atoms with van der Waals surface area (Å²) in [7, 11) is 0. The largest absolute Gasteiger partial charge is 0.342 e. The van der Waals surface area contributed by atoms with Gasteiger partial charge in [-0.05, 0) is 30.9 Å². The number of nitrogens with one attached hydrogen (secondary N) is 1. The molecule has 6 heteroatoms. The van der Waals surface area contributed by atoms with Gasteiger partial charge < -0.3 is 10.3 Å². The fourth-order valence-electron chi connectivity index (χ4n) is 2.09. The molecule has 0 aromatic carbocycles. The van der Waals surface area contributed by atoms with Crippen LogP contribution in [0.25, 0.3) is 0 Å². The number of hydrazine groups is 1. The van der Waals surface area contributed by atoms with Gasteiger partial charge in [-0.3, -0.25) is 4.79 Å². The Hall–Kier alpha value is -1.27. The molecule has 1 fully saturated rings. The molecule has 0 atom stereocenters. The summed E-state index contributed by atoms with van der Waals surface area (Å²) < 4.78 is 0. The molecule has 1 saturated heterocycles. The number of carbonyl (C=O) groups excluding carboxylic acids is 1. The SMILES string of the molecule is NNc1ccc(CSCC(=O)N2CCCCC2)cn1. The van der Waals surface area contributed by atoms with Crippen LogP contribution in [0.4, 0.5) is 5.82 Å². The standard InChI is InChI=1S/C13H20N4OS/c14-16-12-5-4-11(8-15-12)9-19-10-13(18)17-6-2-1-3-7-17/h4-5,8H,1-3,6-7,9-10,14H2,(H,15,16). The summed E-state index contributed by atoms with van der Waals surface area (Å²) in [6.45, 7) is 1.86.